The van der Waals surface area contributed by atoms with Crippen LogP contribution in [-0.4, -0.2) is 16.0 Å². The molecule has 0 spiro atoms. The van der Waals surface area contributed by atoms with Crippen LogP contribution >= 0.6 is 11.6 Å². The number of rotatable bonds is 5. The van der Waals surface area contributed by atoms with Crippen molar-refractivity contribution in [3.8, 4) is 5.75 Å². The van der Waals surface area contributed by atoms with Crippen molar-refractivity contribution < 1.29 is 24.0 Å². The van der Waals surface area contributed by atoms with Gasteiger partial charge in [0.2, 0.25) is 5.76 Å². The lowest BCUT2D eigenvalue weighted by Crippen LogP contribution is -2.02. The third-order valence-electron chi connectivity index (χ3n) is 2.45. The second-order valence-corrected chi connectivity index (χ2v) is 4.15. The summed E-state index contributed by atoms with van der Waals surface area (Å²) in [4.78, 5) is 20.8. The van der Waals surface area contributed by atoms with Crippen molar-refractivity contribution in [2.75, 3.05) is 0 Å². The van der Waals surface area contributed by atoms with Crippen LogP contribution < -0.4 is 4.74 Å². The van der Waals surface area contributed by atoms with Gasteiger partial charge >= 0.3 is 5.97 Å². The lowest BCUT2D eigenvalue weighted by molar-refractivity contribution is -0.384. The number of carboxylic acid groups (broad SMARTS) is 1. The summed E-state index contributed by atoms with van der Waals surface area (Å²) in [6, 6.07) is 5.35. The van der Waals surface area contributed by atoms with Gasteiger partial charge in [-0.2, -0.15) is 0 Å². The van der Waals surface area contributed by atoms with Crippen molar-refractivity contribution in [3.05, 3.63) is 57.0 Å². The first-order chi connectivity index (χ1) is 9.49. The Morgan fingerprint density at radius 2 is 2.20 bits per heavy atom. The molecule has 104 valence electrons. The highest BCUT2D eigenvalue weighted by atomic mass is 35.5. The fraction of sp³-hybridized carbons (Fsp3) is 0.0833. The first-order valence-electron chi connectivity index (χ1n) is 5.35. The maximum Gasteiger partial charge on any atom is 0.372 e. The van der Waals surface area contributed by atoms with Crippen molar-refractivity contribution in [1.82, 2.24) is 0 Å². The van der Waals surface area contributed by atoms with Crippen molar-refractivity contribution in [2.45, 2.75) is 6.61 Å². The number of halogens is 1. The highest BCUT2D eigenvalue weighted by molar-refractivity contribution is 6.32. The van der Waals surface area contributed by atoms with Crippen LogP contribution in [0.2, 0.25) is 5.02 Å². The number of furan rings is 1. The van der Waals surface area contributed by atoms with E-state index in [9.17, 15) is 14.9 Å². The van der Waals surface area contributed by atoms with Gasteiger partial charge in [0, 0.05) is 17.7 Å². The number of hydrogen-bond acceptors (Lipinski definition) is 5. The average Bonchev–Trinajstić information content (AvgIpc) is 2.84. The molecule has 0 aliphatic carbocycles. The van der Waals surface area contributed by atoms with E-state index in [1.807, 2.05) is 0 Å². The third kappa shape index (κ3) is 2.89. The van der Waals surface area contributed by atoms with E-state index in [0.717, 1.165) is 0 Å². The van der Waals surface area contributed by atoms with Crippen molar-refractivity contribution in [1.29, 1.82) is 0 Å². The summed E-state index contributed by atoms with van der Waals surface area (Å²) in [6.07, 6.45) is 1.24. The summed E-state index contributed by atoms with van der Waals surface area (Å²) in [5, 5.41) is 19.4. The fourth-order valence-electron chi connectivity index (χ4n) is 1.52. The van der Waals surface area contributed by atoms with Crippen LogP contribution in [0.5, 0.6) is 5.75 Å². The molecule has 0 amide bonds. The average molecular weight is 298 g/mol. The van der Waals surface area contributed by atoms with Gasteiger partial charge in [-0.25, -0.2) is 4.79 Å². The molecule has 1 aromatic heterocycles. The maximum atomic E-state index is 10.8. The molecule has 8 heteroatoms. The quantitative estimate of drug-likeness (QED) is 0.672. The lowest BCUT2D eigenvalue weighted by atomic mass is 10.2. The normalized spacial score (nSPS) is 10.2. The zero-order valence-electron chi connectivity index (χ0n) is 9.91. The molecule has 20 heavy (non-hydrogen) atoms. The van der Waals surface area contributed by atoms with Crippen LogP contribution in [-0.2, 0) is 6.61 Å². The maximum absolute atomic E-state index is 10.8. The Kier molecular flexibility index (Phi) is 3.90. The second kappa shape index (κ2) is 5.62. The number of carbonyl (C=O) groups is 1. The summed E-state index contributed by atoms with van der Waals surface area (Å²) in [6.45, 7) is -0.0493. The molecule has 0 radical (unpaired) electrons. The Morgan fingerprint density at radius 1 is 1.45 bits per heavy atom. The number of aromatic carboxylic acids is 1. The lowest BCUT2D eigenvalue weighted by Gasteiger charge is -2.05. The smallest absolute Gasteiger partial charge is 0.372 e. The molecule has 0 saturated carbocycles. The van der Waals surface area contributed by atoms with Gasteiger partial charge in [-0.15, -0.1) is 0 Å². The molecule has 1 heterocycles. The van der Waals surface area contributed by atoms with Crippen LogP contribution in [0, 0.1) is 10.1 Å². The van der Waals surface area contributed by atoms with Gasteiger partial charge in [0.05, 0.1) is 11.2 Å². The fourth-order valence-corrected chi connectivity index (χ4v) is 1.76. The van der Waals surface area contributed by atoms with Crippen LogP contribution in [0.3, 0.4) is 0 Å². The summed E-state index contributed by atoms with van der Waals surface area (Å²) in [7, 11) is 0. The zero-order chi connectivity index (χ0) is 14.7. The molecule has 0 aliphatic rings. The van der Waals surface area contributed by atoms with E-state index in [1.54, 1.807) is 0 Å². The predicted octanol–water partition coefficient (Wildman–Crippen LogP) is 3.12. The van der Waals surface area contributed by atoms with E-state index in [-0.39, 0.29) is 28.8 Å². The van der Waals surface area contributed by atoms with Crippen LogP contribution in [0.15, 0.2) is 34.9 Å². The Balaban J connectivity index is 2.11. The predicted molar refractivity (Wildman–Crippen MR) is 68.1 cm³/mol. The summed E-state index contributed by atoms with van der Waals surface area (Å²) >= 11 is 5.73. The Labute approximate surface area is 117 Å². The highest BCUT2D eigenvalue weighted by Gasteiger charge is 2.16. The van der Waals surface area contributed by atoms with Crippen LogP contribution in [0.1, 0.15) is 16.1 Å². The van der Waals surface area contributed by atoms with Crippen LogP contribution in [0.4, 0.5) is 5.69 Å². The highest BCUT2D eigenvalue weighted by Crippen LogP contribution is 2.28. The standard InChI is InChI=1S/C12H8ClNO6/c13-9-5-8(1-2-10(9)14(17)18)20-6-7-3-4-19-11(7)12(15)16/h1-5H,6H2,(H,15,16). The molecule has 0 aliphatic heterocycles. The Hall–Kier alpha value is -2.54. The van der Waals surface area contributed by atoms with E-state index in [4.69, 9.17) is 25.9 Å². The number of nitro groups is 1. The minimum Gasteiger partial charge on any atom is -0.489 e. The van der Waals surface area contributed by atoms with E-state index < -0.39 is 10.9 Å². The zero-order valence-corrected chi connectivity index (χ0v) is 10.7. The number of nitrogens with zero attached hydrogens (tertiary/aromatic N) is 1. The molecule has 1 aromatic carbocycles. The molecule has 1 N–H and O–H groups in total. The van der Waals surface area contributed by atoms with Gasteiger partial charge in [-0.1, -0.05) is 11.6 Å². The molecule has 7 nitrogen and oxygen atoms in total. The largest absolute Gasteiger partial charge is 0.489 e. The first-order valence-corrected chi connectivity index (χ1v) is 5.73. The van der Waals surface area contributed by atoms with Crippen molar-refractivity contribution in [3.63, 3.8) is 0 Å². The summed E-state index contributed by atoms with van der Waals surface area (Å²) in [5.74, 6) is -1.12. The number of ether oxygens (including phenoxy) is 1. The monoisotopic (exact) mass is 297 g/mol. The molecular weight excluding hydrogens is 290 g/mol. The molecule has 2 rings (SSSR count). The van der Waals surface area contributed by atoms with Crippen molar-refractivity contribution >= 4 is 23.3 Å². The summed E-state index contributed by atoms with van der Waals surface area (Å²) in [5.41, 5.74) is 0.125. The Morgan fingerprint density at radius 3 is 2.80 bits per heavy atom. The minimum absolute atomic E-state index is 0.0493. The number of benzene rings is 1. The van der Waals surface area contributed by atoms with E-state index in [1.165, 1.54) is 30.5 Å². The van der Waals surface area contributed by atoms with E-state index in [2.05, 4.69) is 0 Å². The molecule has 2 aromatic rings. The number of nitro benzene ring substituents is 1. The van der Waals surface area contributed by atoms with Gasteiger partial charge in [0.25, 0.3) is 5.69 Å². The number of hydrogen-bond donors (Lipinski definition) is 1. The SMILES string of the molecule is O=C(O)c1occc1COc1ccc([N+](=O)[O-])c(Cl)c1. The number of carboxylic acids is 1. The van der Waals surface area contributed by atoms with Gasteiger partial charge in [0.1, 0.15) is 17.4 Å². The van der Waals surface area contributed by atoms with Crippen LogP contribution in [0.25, 0.3) is 0 Å². The van der Waals surface area contributed by atoms with E-state index >= 15 is 0 Å². The molecule has 0 fully saturated rings. The molecule has 0 saturated heterocycles. The van der Waals surface area contributed by atoms with Gasteiger partial charge in [-0.05, 0) is 12.1 Å². The van der Waals surface area contributed by atoms with Gasteiger partial charge in [0.15, 0.2) is 0 Å². The topological polar surface area (TPSA) is 103 Å². The minimum atomic E-state index is -1.20. The van der Waals surface area contributed by atoms with Gasteiger partial charge in [-0.3, -0.25) is 10.1 Å². The molecule has 0 unspecified atom stereocenters. The molecule has 0 bridgehead atoms. The van der Waals surface area contributed by atoms with E-state index in [0.29, 0.717) is 5.56 Å². The molecular formula is C12H8ClNO6. The van der Waals surface area contributed by atoms with Gasteiger partial charge < -0.3 is 14.3 Å². The third-order valence-corrected chi connectivity index (χ3v) is 2.75. The van der Waals surface area contributed by atoms with Crippen molar-refractivity contribution in [2.24, 2.45) is 0 Å². The second-order valence-electron chi connectivity index (χ2n) is 3.74. The molecule has 0 atom stereocenters. The summed E-state index contributed by atoms with van der Waals surface area (Å²) < 4.78 is 10.1. The first kappa shape index (κ1) is 13.9. The Bertz CT molecular complexity index is 666.